The van der Waals surface area contributed by atoms with Crippen molar-refractivity contribution in [2.24, 2.45) is 11.8 Å². The zero-order valence-electron chi connectivity index (χ0n) is 21.6. The second-order valence-electron chi connectivity index (χ2n) is 9.82. The summed E-state index contributed by atoms with van der Waals surface area (Å²) in [7, 11) is 4.37. The number of Topliss-reactive ketones (excluding diaryl/α,β-unsaturated/α-hetero) is 1. The van der Waals surface area contributed by atoms with Crippen LogP contribution >= 0.6 is 0 Å². The summed E-state index contributed by atoms with van der Waals surface area (Å²) in [4.78, 5) is 40.1. The molecule has 8 nitrogen and oxygen atoms in total. The number of benzene rings is 1. The van der Waals surface area contributed by atoms with Crippen LogP contribution in [0.3, 0.4) is 0 Å². The van der Waals surface area contributed by atoms with Crippen LogP contribution in [0.1, 0.15) is 63.9 Å². The first-order chi connectivity index (χ1) is 17.3. The maximum Gasteiger partial charge on any atom is 0.337 e. The van der Waals surface area contributed by atoms with Gasteiger partial charge in [0.05, 0.1) is 26.9 Å². The highest BCUT2D eigenvalue weighted by molar-refractivity contribution is 6.12. The highest BCUT2D eigenvalue weighted by Gasteiger charge is 2.47. The lowest BCUT2D eigenvalue weighted by molar-refractivity contribution is -0.151. The average molecular weight is 498 g/mol. The van der Waals surface area contributed by atoms with E-state index in [1.165, 1.54) is 14.2 Å². The van der Waals surface area contributed by atoms with E-state index >= 15 is 0 Å². The van der Waals surface area contributed by atoms with Crippen molar-refractivity contribution in [3.05, 3.63) is 46.3 Å². The van der Waals surface area contributed by atoms with Crippen LogP contribution in [0.5, 0.6) is 11.5 Å². The predicted molar refractivity (Wildman–Crippen MR) is 132 cm³/mol. The quantitative estimate of drug-likeness (QED) is 0.461. The van der Waals surface area contributed by atoms with Crippen LogP contribution < -0.4 is 14.8 Å². The SMILES string of the molecule is COC(=O)C1C(=O)C2=C(CC1C)NC(C)=C(C(=O)OC1CCCCC1)C2c1ccc(OC)c(OC)c1. The molecule has 3 unspecified atom stereocenters. The highest BCUT2D eigenvalue weighted by Crippen LogP contribution is 2.47. The molecular formula is C28H35NO7. The van der Waals surface area contributed by atoms with Gasteiger partial charge in [-0.25, -0.2) is 4.79 Å². The molecule has 1 saturated carbocycles. The number of ketones is 1. The summed E-state index contributed by atoms with van der Waals surface area (Å²) in [6.45, 7) is 3.69. The van der Waals surface area contributed by atoms with E-state index in [1.54, 1.807) is 19.2 Å². The number of ether oxygens (including phenoxy) is 4. The number of allylic oxidation sites excluding steroid dienone is 3. The van der Waals surface area contributed by atoms with E-state index < -0.39 is 23.8 Å². The summed E-state index contributed by atoms with van der Waals surface area (Å²) in [5.74, 6) is -2.23. The molecular weight excluding hydrogens is 462 g/mol. The van der Waals surface area contributed by atoms with Gasteiger partial charge in [0.1, 0.15) is 12.0 Å². The van der Waals surface area contributed by atoms with Crippen molar-refractivity contribution in [1.29, 1.82) is 0 Å². The smallest absolute Gasteiger partial charge is 0.337 e. The number of dihydropyridines is 1. The molecule has 0 aromatic heterocycles. The fraction of sp³-hybridized carbons (Fsp3) is 0.536. The molecule has 0 spiro atoms. The Labute approximate surface area is 212 Å². The molecule has 194 valence electrons. The van der Waals surface area contributed by atoms with Crippen molar-refractivity contribution < 1.29 is 33.3 Å². The zero-order chi connectivity index (χ0) is 26.0. The van der Waals surface area contributed by atoms with Crippen molar-refractivity contribution in [2.45, 2.75) is 64.4 Å². The summed E-state index contributed by atoms with van der Waals surface area (Å²) >= 11 is 0. The predicted octanol–water partition coefficient (Wildman–Crippen LogP) is 4.19. The minimum Gasteiger partial charge on any atom is -0.493 e. The van der Waals surface area contributed by atoms with E-state index in [0.29, 0.717) is 40.3 Å². The molecule has 8 heteroatoms. The number of rotatable bonds is 6. The van der Waals surface area contributed by atoms with Crippen LogP contribution in [0.25, 0.3) is 0 Å². The number of esters is 2. The average Bonchev–Trinajstić information content (AvgIpc) is 2.87. The topological polar surface area (TPSA) is 100 Å². The molecule has 4 rings (SSSR count). The van der Waals surface area contributed by atoms with Crippen molar-refractivity contribution in [3.63, 3.8) is 0 Å². The van der Waals surface area contributed by atoms with Gasteiger partial charge in [0.15, 0.2) is 17.3 Å². The summed E-state index contributed by atoms with van der Waals surface area (Å²) < 4.78 is 21.9. The van der Waals surface area contributed by atoms with E-state index in [1.807, 2.05) is 19.9 Å². The van der Waals surface area contributed by atoms with Crippen molar-refractivity contribution >= 4 is 17.7 Å². The molecule has 1 aromatic rings. The van der Waals surface area contributed by atoms with Gasteiger partial charge in [0.25, 0.3) is 0 Å². The van der Waals surface area contributed by atoms with Gasteiger partial charge in [-0.15, -0.1) is 0 Å². The fourth-order valence-corrected chi connectivity index (χ4v) is 5.71. The summed E-state index contributed by atoms with van der Waals surface area (Å²) in [5, 5.41) is 3.31. The molecule has 1 fully saturated rings. The largest absolute Gasteiger partial charge is 0.493 e. The van der Waals surface area contributed by atoms with Crippen LogP contribution in [0, 0.1) is 11.8 Å². The number of methoxy groups -OCH3 is 3. The van der Waals surface area contributed by atoms with Gasteiger partial charge >= 0.3 is 11.9 Å². The summed E-state index contributed by atoms with van der Waals surface area (Å²) in [6.07, 6.45) is 5.21. The van der Waals surface area contributed by atoms with Gasteiger partial charge in [-0.1, -0.05) is 19.4 Å². The van der Waals surface area contributed by atoms with E-state index in [2.05, 4.69) is 5.32 Å². The Kier molecular flexibility index (Phi) is 7.71. The standard InChI is InChI=1S/C28H35NO7/c1-15-13-19-25(26(30)22(15)27(31)35-5)24(17-11-12-20(33-3)21(14-17)34-4)23(16(2)29-19)28(32)36-18-9-7-6-8-10-18/h11-12,14-15,18,22,24,29H,6-10,13H2,1-5H3. The van der Waals surface area contributed by atoms with Gasteiger partial charge in [-0.05, 0) is 62.6 Å². The fourth-order valence-electron chi connectivity index (χ4n) is 5.71. The van der Waals surface area contributed by atoms with Crippen LogP contribution in [-0.4, -0.2) is 45.2 Å². The normalized spacial score (nSPS) is 24.6. The molecule has 0 saturated heterocycles. The molecule has 0 amide bonds. The minimum atomic E-state index is -0.938. The lowest BCUT2D eigenvalue weighted by Crippen LogP contribution is -2.43. The first kappa shape index (κ1) is 25.8. The highest BCUT2D eigenvalue weighted by atomic mass is 16.5. The maximum atomic E-state index is 13.9. The Bertz CT molecular complexity index is 1110. The summed E-state index contributed by atoms with van der Waals surface area (Å²) in [6, 6.07) is 5.35. The Morgan fingerprint density at radius 3 is 2.33 bits per heavy atom. The van der Waals surface area contributed by atoms with Gasteiger partial charge in [-0.3, -0.25) is 9.59 Å². The maximum absolute atomic E-state index is 13.9. The van der Waals surface area contributed by atoms with Gasteiger partial charge in [0, 0.05) is 22.9 Å². The molecule has 1 aromatic carbocycles. The first-order valence-electron chi connectivity index (χ1n) is 12.6. The Hall–Kier alpha value is -3.29. The van der Waals surface area contributed by atoms with E-state index in [-0.39, 0.29) is 17.8 Å². The monoisotopic (exact) mass is 497 g/mol. The third-order valence-electron chi connectivity index (χ3n) is 7.53. The molecule has 3 aliphatic rings. The lowest BCUT2D eigenvalue weighted by Gasteiger charge is -2.38. The van der Waals surface area contributed by atoms with Crippen LogP contribution in [-0.2, 0) is 23.9 Å². The molecule has 3 atom stereocenters. The second kappa shape index (κ2) is 10.8. The number of hydrogen-bond acceptors (Lipinski definition) is 8. The molecule has 1 N–H and O–H groups in total. The molecule has 1 heterocycles. The van der Waals surface area contributed by atoms with Gasteiger partial charge in [-0.2, -0.15) is 0 Å². The second-order valence-corrected chi connectivity index (χ2v) is 9.82. The van der Waals surface area contributed by atoms with Crippen LogP contribution in [0.15, 0.2) is 40.7 Å². The van der Waals surface area contributed by atoms with Crippen LogP contribution in [0.2, 0.25) is 0 Å². The number of hydrogen-bond donors (Lipinski definition) is 1. The first-order valence-corrected chi connectivity index (χ1v) is 12.6. The van der Waals surface area contributed by atoms with Crippen molar-refractivity contribution in [2.75, 3.05) is 21.3 Å². The number of carbonyl (C=O) groups is 3. The van der Waals surface area contributed by atoms with Crippen LogP contribution in [0.4, 0.5) is 0 Å². The van der Waals surface area contributed by atoms with Crippen molar-refractivity contribution in [1.82, 2.24) is 5.32 Å². The number of nitrogens with one attached hydrogen (secondary N) is 1. The van der Waals surface area contributed by atoms with Crippen molar-refractivity contribution in [3.8, 4) is 11.5 Å². The lowest BCUT2D eigenvalue weighted by atomic mass is 9.69. The minimum absolute atomic E-state index is 0.141. The van der Waals surface area contributed by atoms with E-state index in [9.17, 15) is 14.4 Å². The molecule has 36 heavy (non-hydrogen) atoms. The van der Waals surface area contributed by atoms with E-state index in [4.69, 9.17) is 18.9 Å². The van der Waals surface area contributed by atoms with Gasteiger partial charge in [0.2, 0.25) is 0 Å². The zero-order valence-corrected chi connectivity index (χ0v) is 21.6. The van der Waals surface area contributed by atoms with E-state index in [0.717, 1.165) is 37.8 Å². The Morgan fingerprint density at radius 1 is 1.00 bits per heavy atom. The molecule has 0 bridgehead atoms. The molecule has 1 aliphatic heterocycles. The Morgan fingerprint density at radius 2 is 1.69 bits per heavy atom. The molecule has 0 radical (unpaired) electrons. The van der Waals surface area contributed by atoms with Gasteiger partial charge < -0.3 is 24.3 Å². The Balaban J connectivity index is 1.82. The molecule has 2 aliphatic carbocycles. The third kappa shape index (κ3) is 4.73. The third-order valence-corrected chi connectivity index (χ3v) is 7.53. The number of carbonyl (C=O) groups excluding carboxylic acids is 3. The summed E-state index contributed by atoms with van der Waals surface area (Å²) in [5.41, 5.74) is 2.82.